The van der Waals surface area contributed by atoms with Crippen LogP contribution in [0.5, 0.6) is 0 Å². The van der Waals surface area contributed by atoms with Crippen molar-refractivity contribution in [2.75, 3.05) is 5.75 Å². The Labute approximate surface area is 230 Å². The fraction of sp³-hybridized carbons (Fsp3) is 0.241. The molecule has 0 saturated carbocycles. The standard InChI is InChI=1S/C29H27ClN2O5S/c1-20(33)38-19-24-26(31-25(34)17-21-11-5-2-6-12-21)27(35)32(24)29(30,23-15-9-4-10-16-23)28(36)37-18-22-13-7-3-8-14-22/h2-16,24,26H,17-19H2,1H3,(H,31,34)/t24-,26+,29?/m1/s1. The van der Waals surface area contributed by atoms with Crippen LogP contribution in [-0.4, -0.2) is 45.6 Å². The Balaban J connectivity index is 1.60. The van der Waals surface area contributed by atoms with E-state index in [0.717, 1.165) is 22.9 Å². The van der Waals surface area contributed by atoms with E-state index in [4.69, 9.17) is 16.3 Å². The Kier molecular flexibility index (Phi) is 8.86. The molecule has 2 amide bonds. The minimum absolute atomic E-state index is 0.0346. The number of esters is 1. The van der Waals surface area contributed by atoms with Gasteiger partial charge in [0.2, 0.25) is 16.8 Å². The van der Waals surface area contributed by atoms with Crippen LogP contribution in [0.2, 0.25) is 0 Å². The molecule has 38 heavy (non-hydrogen) atoms. The van der Waals surface area contributed by atoms with Gasteiger partial charge >= 0.3 is 5.97 Å². The molecule has 7 nitrogen and oxygen atoms in total. The van der Waals surface area contributed by atoms with Gasteiger partial charge in [-0.3, -0.25) is 14.4 Å². The fourth-order valence-electron chi connectivity index (χ4n) is 4.30. The molecule has 0 radical (unpaired) electrons. The zero-order valence-electron chi connectivity index (χ0n) is 20.7. The third-order valence-electron chi connectivity index (χ3n) is 6.17. The summed E-state index contributed by atoms with van der Waals surface area (Å²) in [7, 11) is 0. The van der Waals surface area contributed by atoms with Gasteiger partial charge in [-0.2, -0.15) is 0 Å². The van der Waals surface area contributed by atoms with Crippen molar-refractivity contribution < 1.29 is 23.9 Å². The number of alkyl halides is 1. The van der Waals surface area contributed by atoms with Gasteiger partial charge in [0.25, 0.3) is 0 Å². The first-order chi connectivity index (χ1) is 18.3. The van der Waals surface area contributed by atoms with E-state index in [1.54, 1.807) is 30.3 Å². The molecule has 0 spiro atoms. The van der Waals surface area contributed by atoms with Crippen molar-refractivity contribution in [3.63, 3.8) is 0 Å². The summed E-state index contributed by atoms with van der Waals surface area (Å²) in [6.07, 6.45) is 0.0843. The average Bonchev–Trinajstić information content (AvgIpc) is 2.93. The number of likely N-dealkylation sites (tertiary alicyclic amines) is 1. The molecule has 0 aromatic heterocycles. The first-order valence-corrected chi connectivity index (χ1v) is 13.4. The number of β-lactam (4-membered cyclic amide) rings is 1. The Hall–Kier alpha value is -3.62. The molecule has 1 fully saturated rings. The third-order valence-corrected chi connectivity index (χ3v) is 7.64. The number of nitrogens with zero attached hydrogens (tertiary/aromatic N) is 1. The zero-order chi connectivity index (χ0) is 27.1. The maximum atomic E-state index is 13.6. The van der Waals surface area contributed by atoms with Gasteiger partial charge in [0.05, 0.1) is 12.5 Å². The maximum absolute atomic E-state index is 13.6. The zero-order valence-corrected chi connectivity index (χ0v) is 22.3. The van der Waals surface area contributed by atoms with Crippen molar-refractivity contribution in [2.45, 2.75) is 37.0 Å². The van der Waals surface area contributed by atoms with E-state index < -0.39 is 29.0 Å². The van der Waals surface area contributed by atoms with E-state index in [-0.39, 0.29) is 29.8 Å². The van der Waals surface area contributed by atoms with Crippen molar-refractivity contribution in [3.8, 4) is 0 Å². The molecule has 4 rings (SSSR count). The van der Waals surface area contributed by atoms with Crippen LogP contribution in [0.25, 0.3) is 0 Å². The molecule has 0 aliphatic carbocycles. The first kappa shape index (κ1) is 27.4. The quantitative estimate of drug-likeness (QED) is 0.177. The number of carbonyl (C=O) groups excluding carboxylic acids is 4. The molecule has 3 atom stereocenters. The van der Waals surface area contributed by atoms with Gasteiger partial charge in [0.1, 0.15) is 12.6 Å². The Bertz CT molecular complexity index is 1290. The van der Waals surface area contributed by atoms with Crippen molar-refractivity contribution in [1.82, 2.24) is 10.2 Å². The lowest BCUT2D eigenvalue weighted by Gasteiger charge is -2.53. The molecular weight excluding hydrogens is 524 g/mol. The molecule has 9 heteroatoms. The van der Waals surface area contributed by atoms with E-state index in [9.17, 15) is 19.2 Å². The number of halogens is 1. The molecule has 1 aliphatic heterocycles. The molecule has 3 aromatic carbocycles. The Morgan fingerprint density at radius 1 is 0.921 bits per heavy atom. The molecule has 1 unspecified atom stereocenters. The molecule has 1 aliphatic rings. The molecule has 1 N–H and O–H groups in total. The summed E-state index contributed by atoms with van der Waals surface area (Å²) in [4.78, 5) is 50.9. The van der Waals surface area contributed by atoms with Gasteiger partial charge in [0.15, 0.2) is 5.12 Å². The van der Waals surface area contributed by atoms with Crippen LogP contribution in [0.4, 0.5) is 0 Å². The van der Waals surface area contributed by atoms with Gasteiger partial charge in [-0.15, -0.1) is 0 Å². The number of benzene rings is 3. The second kappa shape index (κ2) is 12.3. The molecule has 196 valence electrons. The Morgan fingerprint density at radius 2 is 1.47 bits per heavy atom. The number of hydrogen-bond donors (Lipinski definition) is 1. The highest BCUT2D eigenvalue weighted by Gasteiger charge is 2.61. The van der Waals surface area contributed by atoms with E-state index in [1.165, 1.54) is 11.8 Å². The van der Waals surface area contributed by atoms with Crippen molar-refractivity contribution >= 4 is 46.3 Å². The van der Waals surface area contributed by atoms with Gasteiger partial charge in [-0.1, -0.05) is 114 Å². The second-order valence-corrected chi connectivity index (χ2v) is 10.6. The van der Waals surface area contributed by atoms with Gasteiger partial charge in [-0.05, 0) is 11.1 Å². The normalized spacial score (nSPS) is 18.2. The van der Waals surface area contributed by atoms with Crippen LogP contribution < -0.4 is 5.32 Å². The van der Waals surface area contributed by atoms with Crippen LogP contribution in [0.1, 0.15) is 23.6 Å². The number of hydrogen-bond acceptors (Lipinski definition) is 6. The largest absolute Gasteiger partial charge is 0.458 e. The summed E-state index contributed by atoms with van der Waals surface area (Å²) in [5.74, 6) is -1.56. The number of nitrogens with one attached hydrogen (secondary N) is 1. The SMILES string of the molecule is CC(=O)SC[C@@H]1[C@H](NC(=O)Cc2ccccc2)C(=O)N1C(Cl)(C(=O)OCc1ccccc1)c1ccccc1. The predicted molar refractivity (Wildman–Crippen MR) is 146 cm³/mol. The highest BCUT2D eigenvalue weighted by molar-refractivity contribution is 8.13. The minimum atomic E-state index is -1.99. The predicted octanol–water partition coefficient (Wildman–Crippen LogP) is 4.04. The van der Waals surface area contributed by atoms with E-state index in [0.29, 0.717) is 5.56 Å². The average molecular weight is 551 g/mol. The van der Waals surface area contributed by atoms with Gasteiger partial charge in [-0.25, -0.2) is 4.79 Å². The smallest absolute Gasteiger partial charge is 0.353 e. The van der Waals surface area contributed by atoms with Crippen LogP contribution in [0.3, 0.4) is 0 Å². The van der Waals surface area contributed by atoms with Crippen LogP contribution in [0.15, 0.2) is 91.0 Å². The maximum Gasteiger partial charge on any atom is 0.353 e. The summed E-state index contributed by atoms with van der Waals surface area (Å²) in [5, 5.41) is 2.61. The number of thioether (sulfide) groups is 1. The topological polar surface area (TPSA) is 92.8 Å². The third kappa shape index (κ3) is 6.09. The minimum Gasteiger partial charge on any atom is -0.458 e. The van der Waals surface area contributed by atoms with Crippen LogP contribution >= 0.6 is 23.4 Å². The lowest BCUT2D eigenvalue weighted by Crippen LogP contribution is -2.76. The van der Waals surface area contributed by atoms with Crippen LogP contribution in [0, 0.1) is 0 Å². The number of amides is 2. The molecule has 1 heterocycles. The molecule has 1 saturated heterocycles. The molecule has 0 bridgehead atoms. The highest BCUT2D eigenvalue weighted by Crippen LogP contribution is 2.43. The summed E-state index contributed by atoms with van der Waals surface area (Å²) < 4.78 is 5.60. The summed E-state index contributed by atoms with van der Waals surface area (Å²) >= 11 is 8.04. The molecule has 3 aromatic rings. The lowest BCUT2D eigenvalue weighted by molar-refractivity contribution is -0.173. The number of ether oxygens (including phenoxy) is 1. The monoisotopic (exact) mass is 550 g/mol. The van der Waals surface area contributed by atoms with Gasteiger partial charge in [0, 0.05) is 18.2 Å². The number of carbonyl (C=O) groups is 4. The summed E-state index contributed by atoms with van der Waals surface area (Å²) in [6.45, 7) is 1.38. The van der Waals surface area contributed by atoms with E-state index >= 15 is 0 Å². The second-order valence-electron chi connectivity index (χ2n) is 8.84. The summed E-state index contributed by atoms with van der Waals surface area (Å²) in [5.41, 5.74) is 1.90. The van der Waals surface area contributed by atoms with Gasteiger partial charge < -0.3 is 15.0 Å². The van der Waals surface area contributed by atoms with Crippen molar-refractivity contribution in [1.29, 1.82) is 0 Å². The molecular formula is C29H27ClN2O5S. The summed E-state index contributed by atoms with van der Waals surface area (Å²) in [6, 6.07) is 25.1. The first-order valence-electron chi connectivity index (χ1n) is 12.1. The van der Waals surface area contributed by atoms with Crippen molar-refractivity contribution in [3.05, 3.63) is 108 Å². The van der Waals surface area contributed by atoms with Crippen LogP contribution in [-0.2, 0) is 41.9 Å². The number of rotatable bonds is 10. The Morgan fingerprint density at radius 3 is 2.05 bits per heavy atom. The highest BCUT2D eigenvalue weighted by atomic mass is 35.5. The lowest BCUT2D eigenvalue weighted by atomic mass is 9.90. The van der Waals surface area contributed by atoms with E-state index in [2.05, 4.69) is 5.32 Å². The fourth-order valence-corrected chi connectivity index (χ4v) is 5.43. The van der Waals surface area contributed by atoms with E-state index in [1.807, 2.05) is 60.7 Å². The van der Waals surface area contributed by atoms with Crippen molar-refractivity contribution in [2.24, 2.45) is 0 Å².